The molecule has 1 aliphatic carbocycles. The van der Waals surface area contributed by atoms with Gasteiger partial charge in [-0.05, 0) is 6.42 Å². The topological polar surface area (TPSA) is 106 Å². The van der Waals surface area contributed by atoms with Crippen molar-refractivity contribution in [2.75, 3.05) is 25.1 Å². The van der Waals surface area contributed by atoms with Gasteiger partial charge in [-0.3, -0.25) is 14.9 Å². The van der Waals surface area contributed by atoms with E-state index < -0.39 is 29.9 Å². The van der Waals surface area contributed by atoms with Crippen LogP contribution in [0.5, 0.6) is 0 Å². The standard InChI is InChI=1S/C21H17ClF2N6O3/c22-18-16(10-4-26-29-20(10)17(19(18)24)13-8-32-1-2-33-13)12-6-30-7-14(27-15(30)5-25-12)28-21(31)9-3-11(9)23/h4-7,9,11,13H,1-3,8H2,(H,26,29)(H,28,31)/t9-,11+,13?/m1/s1. The number of aromatic nitrogens is 5. The van der Waals surface area contributed by atoms with E-state index in [2.05, 4.69) is 25.5 Å². The van der Waals surface area contributed by atoms with Crippen molar-refractivity contribution in [1.82, 2.24) is 24.6 Å². The number of ether oxygens (including phenoxy) is 2. The van der Waals surface area contributed by atoms with Gasteiger partial charge in [0, 0.05) is 22.7 Å². The molecule has 3 aromatic heterocycles. The fourth-order valence-corrected chi connectivity index (χ4v) is 4.39. The van der Waals surface area contributed by atoms with Gasteiger partial charge < -0.3 is 19.2 Å². The normalized spacial score (nSPS) is 22.7. The molecule has 1 saturated carbocycles. The van der Waals surface area contributed by atoms with Gasteiger partial charge in [0.05, 0.1) is 60.6 Å². The van der Waals surface area contributed by atoms with Gasteiger partial charge >= 0.3 is 0 Å². The van der Waals surface area contributed by atoms with Crippen LogP contribution in [0.3, 0.4) is 0 Å². The van der Waals surface area contributed by atoms with Crippen molar-refractivity contribution in [1.29, 1.82) is 0 Å². The highest BCUT2D eigenvalue weighted by Crippen LogP contribution is 2.41. The maximum absolute atomic E-state index is 15.5. The second kappa shape index (κ2) is 7.72. The molecule has 1 unspecified atom stereocenters. The average Bonchev–Trinajstić information content (AvgIpc) is 3.18. The number of carbonyl (C=O) groups excluding carboxylic acids is 1. The van der Waals surface area contributed by atoms with E-state index in [4.69, 9.17) is 21.1 Å². The molecule has 33 heavy (non-hydrogen) atoms. The van der Waals surface area contributed by atoms with Gasteiger partial charge in [0.2, 0.25) is 5.91 Å². The summed E-state index contributed by atoms with van der Waals surface area (Å²) in [5, 5.41) is 9.99. The average molecular weight is 475 g/mol. The zero-order valence-corrected chi connectivity index (χ0v) is 17.8. The van der Waals surface area contributed by atoms with Crippen LogP contribution in [0.15, 0.2) is 24.8 Å². The second-order valence-electron chi connectivity index (χ2n) is 8.02. The van der Waals surface area contributed by atoms with Crippen LogP contribution in [0, 0.1) is 11.7 Å². The highest BCUT2D eigenvalue weighted by atomic mass is 35.5. The lowest BCUT2D eigenvalue weighted by Gasteiger charge is -2.25. The second-order valence-corrected chi connectivity index (χ2v) is 8.40. The largest absolute Gasteiger partial charge is 0.376 e. The fraction of sp³-hybridized carbons (Fsp3) is 0.333. The predicted molar refractivity (Wildman–Crippen MR) is 114 cm³/mol. The molecule has 0 radical (unpaired) electrons. The van der Waals surface area contributed by atoms with Gasteiger partial charge in [0.15, 0.2) is 17.3 Å². The Morgan fingerprint density at radius 2 is 2.15 bits per heavy atom. The summed E-state index contributed by atoms with van der Waals surface area (Å²) in [4.78, 5) is 20.7. The van der Waals surface area contributed by atoms with E-state index in [0.717, 1.165) is 0 Å². The Bertz CT molecular complexity index is 1400. The highest BCUT2D eigenvalue weighted by molar-refractivity contribution is 6.35. The van der Waals surface area contributed by atoms with Crippen molar-refractivity contribution < 1.29 is 23.0 Å². The first-order valence-corrected chi connectivity index (χ1v) is 10.7. The van der Waals surface area contributed by atoms with E-state index in [1.54, 1.807) is 23.0 Å². The number of nitrogens with zero attached hydrogens (tertiary/aromatic N) is 4. The maximum Gasteiger partial charge on any atom is 0.231 e. The van der Waals surface area contributed by atoms with E-state index in [9.17, 15) is 9.18 Å². The molecule has 9 nitrogen and oxygen atoms in total. The number of hydrogen-bond donors (Lipinski definition) is 2. The molecule has 1 amide bonds. The Morgan fingerprint density at radius 3 is 2.91 bits per heavy atom. The van der Waals surface area contributed by atoms with Crippen LogP contribution < -0.4 is 5.32 Å². The fourth-order valence-electron chi connectivity index (χ4n) is 4.09. The summed E-state index contributed by atoms with van der Waals surface area (Å²) in [5.74, 6) is -1.40. The Hall–Kier alpha value is -3.15. The number of aromatic amines is 1. The number of benzene rings is 1. The molecule has 4 aromatic rings. The summed E-state index contributed by atoms with van der Waals surface area (Å²) in [7, 11) is 0. The van der Waals surface area contributed by atoms with Crippen molar-refractivity contribution in [3.05, 3.63) is 41.2 Å². The minimum atomic E-state index is -1.10. The number of carbonyl (C=O) groups is 1. The van der Waals surface area contributed by atoms with E-state index in [0.29, 0.717) is 41.0 Å². The number of imidazole rings is 1. The van der Waals surface area contributed by atoms with E-state index in [1.807, 2.05) is 0 Å². The molecule has 1 aliphatic heterocycles. The summed E-state index contributed by atoms with van der Waals surface area (Å²) in [6.07, 6.45) is 4.75. The van der Waals surface area contributed by atoms with Crippen molar-refractivity contribution in [3.63, 3.8) is 0 Å². The molecular formula is C21H17ClF2N6O3. The first kappa shape index (κ1) is 20.5. The quantitative estimate of drug-likeness (QED) is 0.469. The van der Waals surface area contributed by atoms with E-state index in [-0.39, 0.29) is 29.4 Å². The van der Waals surface area contributed by atoms with Gasteiger partial charge in [0.1, 0.15) is 12.3 Å². The third-order valence-electron chi connectivity index (χ3n) is 5.86. The monoisotopic (exact) mass is 474 g/mol. The zero-order valence-electron chi connectivity index (χ0n) is 17.0. The molecular weight excluding hydrogens is 458 g/mol. The Morgan fingerprint density at radius 1 is 1.30 bits per heavy atom. The van der Waals surface area contributed by atoms with Crippen LogP contribution in [0.1, 0.15) is 18.1 Å². The van der Waals surface area contributed by atoms with E-state index >= 15 is 4.39 Å². The number of hydrogen-bond acceptors (Lipinski definition) is 6. The SMILES string of the molecule is O=C(Nc1cn2cc(-c3c(Cl)c(F)c(C4COCCO4)c4[nH]ncc34)ncc2n1)[C@@H]1C[C@@H]1F. The van der Waals surface area contributed by atoms with Crippen LogP contribution in [0.4, 0.5) is 14.6 Å². The lowest BCUT2D eigenvalue weighted by molar-refractivity contribution is -0.117. The molecule has 1 aromatic carbocycles. The minimum Gasteiger partial charge on any atom is -0.376 e. The molecule has 3 atom stereocenters. The number of alkyl halides is 1. The minimum absolute atomic E-state index is 0.115. The van der Waals surface area contributed by atoms with Gasteiger partial charge in [-0.2, -0.15) is 5.10 Å². The number of rotatable bonds is 4. The van der Waals surface area contributed by atoms with Crippen molar-refractivity contribution >= 4 is 39.9 Å². The molecule has 1 saturated heterocycles. The third kappa shape index (κ3) is 3.43. The van der Waals surface area contributed by atoms with Gasteiger partial charge in [-0.15, -0.1) is 0 Å². The van der Waals surface area contributed by atoms with Crippen LogP contribution in [-0.4, -0.2) is 56.5 Å². The predicted octanol–water partition coefficient (Wildman–Crippen LogP) is 3.45. The van der Waals surface area contributed by atoms with Crippen molar-refractivity contribution in [2.45, 2.75) is 18.7 Å². The lowest BCUT2D eigenvalue weighted by Crippen LogP contribution is -2.23. The molecule has 0 spiro atoms. The molecule has 0 bridgehead atoms. The molecule has 4 heterocycles. The lowest BCUT2D eigenvalue weighted by atomic mass is 9.99. The summed E-state index contributed by atoms with van der Waals surface area (Å²) in [6, 6.07) is 0. The van der Waals surface area contributed by atoms with Gasteiger partial charge in [0.25, 0.3) is 0 Å². The van der Waals surface area contributed by atoms with Gasteiger partial charge in [-0.1, -0.05) is 11.6 Å². The Kier molecular flexibility index (Phi) is 4.78. The van der Waals surface area contributed by atoms with Gasteiger partial charge in [-0.25, -0.2) is 13.8 Å². The van der Waals surface area contributed by atoms with Crippen LogP contribution in [0.2, 0.25) is 5.02 Å². The molecule has 2 N–H and O–H groups in total. The third-order valence-corrected chi connectivity index (χ3v) is 6.22. The molecule has 12 heteroatoms. The molecule has 170 valence electrons. The number of fused-ring (bicyclic) bond motifs is 2. The highest BCUT2D eigenvalue weighted by Gasteiger charge is 2.43. The summed E-state index contributed by atoms with van der Waals surface area (Å²) in [6.45, 7) is 1.00. The number of halogens is 3. The molecule has 2 fully saturated rings. The van der Waals surface area contributed by atoms with Crippen molar-refractivity contribution in [3.8, 4) is 11.3 Å². The smallest absolute Gasteiger partial charge is 0.231 e. The number of nitrogens with one attached hydrogen (secondary N) is 2. The Labute approximate surface area is 190 Å². The first-order chi connectivity index (χ1) is 16.0. The summed E-state index contributed by atoms with van der Waals surface area (Å²) >= 11 is 6.50. The number of anilines is 1. The first-order valence-electron chi connectivity index (χ1n) is 10.3. The number of amides is 1. The summed E-state index contributed by atoms with van der Waals surface area (Å²) < 4.78 is 41.4. The molecule has 6 rings (SSSR count). The number of H-pyrrole nitrogens is 1. The van der Waals surface area contributed by atoms with Crippen LogP contribution in [-0.2, 0) is 14.3 Å². The van der Waals surface area contributed by atoms with Crippen molar-refractivity contribution in [2.24, 2.45) is 5.92 Å². The maximum atomic E-state index is 15.5. The van der Waals surface area contributed by atoms with Crippen LogP contribution >= 0.6 is 11.6 Å². The molecule has 2 aliphatic rings. The Balaban J connectivity index is 1.41. The van der Waals surface area contributed by atoms with E-state index in [1.165, 1.54) is 6.20 Å². The zero-order chi connectivity index (χ0) is 22.7. The van der Waals surface area contributed by atoms with Crippen LogP contribution in [0.25, 0.3) is 27.8 Å². The summed E-state index contributed by atoms with van der Waals surface area (Å²) in [5.41, 5.74) is 1.90.